The quantitative estimate of drug-likeness (QED) is 0.718. The summed E-state index contributed by atoms with van der Waals surface area (Å²) in [6, 6.07) is 2.13. The summed E-state index contributed by atoms with van der Waals surface area (Å²) in [7, 11) is 0. The summed E-state index contributed by atoms with van der Waals surface area (Å²) >= 11 is 0. The highest BCUT2D eigenvalue weighted by Crippen LogP contribution is 2.34. The third-order valence-electron chi connectivity index (χ3n) is 3.11. The van der Waals surface area contributed by atoms with Crippen molar-refractivity contribution in [1.82, 2.24) is 4.98 Å². The van der Waals surface area contributed by atoms with Gasteiger partial charge in [0, 0.05) is 11.4 Å². The fourth-order valence-electron chi connectivity index (χ4n) is 2.25. The molecule has 0 radical (unpaired) electrons. The fourth-order valence-corrected chi connectivity index (χ4v) is 2.25. The van der Waals surface area contributed by atoms with Crippen LogP contribution in [0.1, 0.15) is 48.6 Å². The van der Waals surface area contributed by atoms with Crippen LogP contribution in [0, 0.1) is 6.92 Å². The summed E-state index contributed by atoms with van der Waals surface area (Å²) in [4.78, 5) is 3.38. The SMILES string of the molecule is Cc1[nH]c(C2CCCC2)cc1CO. The molecule has 0 spiro atoms. The lowest BCUT2D eigenvalue weighted by Gasteiger charge is -2.04. The Morgan fingerprint density at radius 2 is 2.15 bits per heavy atom. The van der Waals surface area contributed by atoms with E-state index < -0.39 is 0 Å². The fraction of sp³-hybridized carbons (Fsp3) is 0.636. The molecule has 1 heterocycles. The van der Waals surface area contributed by atoms with Crippen LogP contribution in [-0.2, 0) is 6.61 Å². The maximum Gasteiger partial charge on any atom is 0.0699 e. The Bertz CT molecular complexity index is 284. The van der Waals surface area contributed by atoms with Crippen LogP contribution in [0.15, 0.2) is 6.07 Å². The molecule has 1 saturated carbocycles. The number of aliphatic hydroxyl groups is 1. The van der Waals surface area contributed by atoms with E-state index in [4.69, 9.17) is 5.11 Å². The largest absolute Gasteiger partial charge is 0.392 e. The number of nitrogens with one attached hydrogen (secondary N) is 1. The van der Waals surface area contributed by atoms with Gasteiger partial charge in [-0.1, -0.05) is 12.8 Å². The second-order valence-corrected chi connectivity index (χ2v) is 4.01. The van der Waals surface area contributed by atoms with E-state index in [9.17, 15) is 0 Å². The molecule has 1 aromatic heterocycles. The molecule has 2 N–H and O–H groups in total. The summed E-state index contributed by atoms with van der Waals surface area (Å²) in [6.07, 6.45) is 5.34. The first kappa shape index (κ1) is 8.82. The predicted octanol–water partition coefficient (Wildman–Crippen LogP) is 2.47. The number of aromatic amines is 1. The first-order chi connectivity index (χ1) is 6.31. The maximum absolute atomic E-state index is 9.05. The van der Waals surface area contributed by atoms with Crippen molar-refractivity contribution in [3.05, 3.63) is 23.0 Å². The van der Waals surface area contributed by atoms with Gasteiger partial charge in [0.1, 0.15) is 0 Å². The molecule has 0 amide bonds. The molecule has 2 heteroatoms. The van der Waals surface area contributed by atoms with E-state index in [1.165, 1.54) is 31.4 Å². The topological polar surface area (TPSA) is 36.0 Å². The smallest absolute Gasteiger partial charge is 0.0699 e. The molecule has 0 atom stereocenters. The third kappa shape index (κ3) is 1.63. The molecular formula is C11H17NO. The van der Waals surface area contributed by atoms with Gasteiger partial charge in [-0.05, 0) is 37.3 Å². The molecule has 0 unspecified atom stereocenters. The van der Waals surface area contributed by atoms with Crippen molar-refractivity contribution in [2.45, 2.75) is 45.1 Å². The highest BCUT2D eigenvalue weighted by Gasteiger charge is 2.19. The lowest BCUT2D eigenvalue weighted by atomic mass is 10.0. The van der Waals surface area contributed by atoms with Crippen LogP contribution >= 0.6 is 0 Å². The van der Waals surface area contributed by atoms with Gasteiger partial charge in [0.2, 0.25) is 0 Å². The summed E-state index contributed by atoms with van der Waals surface area (Å²) in [5.41, 5.74) is 3.52. The van der Waals surface area contributed by atoms with Gasteiger partial charge in [-0.15, -0.1) is 0 Å². The molecular weight excluding hydrogens is 162 g/mol. The zero-order valence-corrected chi connectivity index (χ0v) is 8.14. The number of hydrogen-bond acceptors (Lipinski definition) is 1. The number of rotatable bonds is 2. The summed E-state index contributed by atoms with van der Waals surface area (Å²) in [6.45, 7) is 2.19. The van der Waals surface area contributed by atoms with Crippen molar-refractivity contribution < 1.29 is 5.11 Å². The van der Waals surface area contributed by atoms with E-state index in [2.05, 4.69) is 11.1 Å². The van der Waals surface area contributed by atoms with Crippen molar-refractivity contribution in [3.8, 4) is 0 Å². The van der Waals surface area contributed by atoms with E-state index in [1.54, 1.807) is 0 Å². The van der Waals surface area contributed by atoms with Crippen molar-refractivity contribution in [1.29, 1.82) is 0 Å². The summed E-state index contributed by atoms with van der Waals surface area (Å²) in [5, 5.41) is 9.05. The molecule has 0 aliphatic heterocycles. The molecule has 2 nitrogen and oxygen atoms in total. The van der Waals surface area contributed by atoms with Gasteiger partial charge >= 0.3 is 0 Å². The van der Waals surface area contributed by atoms with E-state index in [0.29, 0.717) is 0 Å². The van der Waals surface area contributed by atoms with Crippen LogP contribution in [0.5, 0.6) is 0 Å². The van der Waals surface area contributed by atoms with Crippen molar-refractivity contribution in [3.63, 3.8) is 0 Å². The van der Waals surface area contributed by atoms with Gasteiger partial charge in [-0.3, -0.25) is 0 Å². The van der Waals surface area contributed by atoms with E-state index >= 15 is 0 Å². The highest BCUT2D eigenvalue weighted by molar-refractivity contribution is 5.26. The van der Waals surface area contributed by atoms with Crippen LogP contribution in [0.4, 0.5) is 0 Å². The van der Waals surface area contributed by atoms with Crippen molar-refractivity contribution >= 4 is 0 Å². The zero-order valence-electron chi connectivity index (χ0n) is 8.14. The molecule has 1 fully saturated rings. The van der Waals surface area contributed by atoms with Crippen LogP contribution in [-0.4, -0.2) is 10.1 Å². The van der Waals surface area contributed by atoms with Gasteiger partial charge in [0.15, 0.2) is 0 Å². The average Bonchev–Trinajstić information content (AvgIpc) is 2.71. The standard InChI is InChI=1S/C11H17NO/c1-8-10(7-13)6-11(12-8)9-4-2-3-5-9/h6,9,12-13H,2-5,7H2,1H3. The summed E-state index contributed by atoms with van der Waals surface area (Å²) < 4.78 is 0. The Morgan fingerprint density at radius 1 is 1.46 bits per heavy atom. The van der Waals surface area contributed by atoms with Crippen LogP contribution < -0.4 is 0 Å². The molecule has 13 heavy (non-hydrogen) atoms. The molecule has 2 rings (SSSR count). The minimum Gasteiger partial charge on any atom is -0.392 e. The Hall–Kier alpha value is -0.760. The summed E-state index contributed by atoms with van der Waals surface area (Å²) in [5.74, 6) is 0.721. The molecule has 72 valence electrons. The Labute approximate surface area is 79.0 Å². The van der Waals surface area contributed by atoms with Gasteiger partial charge < -0.3 is 10.1 Å². The van der Waals surface area contributed by atoms with Gasteiger partial charge in [0.05, 0.1) is 6.61 Å². The molecule has 0 bridgehead atoms. The number of aryl methyl sites for hydroxylation is 1. The highest BCUT2D eigenvalue weighted by atomic mass is 16.3. The Kier molecular flexibility index (Phi) is 2.40. The van der Waals surface area contributed by atoms with Crippen molar-refractivity contribution in [2.75, 3.05) is 0 Å². The van der Waals surface area contributed by atoms with E-state index in [0.717, 1.165) is 17.2 Å². The lowest BCUT2D eigenvalue weighted by molar-refractivity contribution is 0.281. The monoisotopic (exact) mass is 179 g/mol. The molecule has 1 aromatic rings. The molecule has 0 saturated heterocycles. The average molecular weight is 179 g/mol. The first-order valence-electron chi connectivity index (χ1n) is 5.10. The zero-order chi connectivity index (χ0) is 9.26. The number of aromatic nitrogens is 1. The van der Waals surface area contributed by atoms with Gasteiger partial charge in [0.25, 0.3) is 0 Å². The number of H-pyrrole nitrogens is 1. The lowest BCUT2D eigenvalue weighted by Crippen LogP contribution is -1.91. The molecule has 1 aliphatic carbocycles. The predicted molar refractivity (Wildman–Crippen MR) is 52.7 cm³/mol. The normalized spacial score (nSPS) is 18.3. The third-order valence-corrected chi connectivity index (χ3v) is 3.11. The van der Waals surface area contributed by atoms with Gasteiger partial charge in [-0.2, -0.15) is 0 Å². The first-order valence-corrected chi connectivity index (χ1v) is 5.10. The van der Waals surface area contributed by atoms with Gasteiger partial charge in [-0.25, -0.2) is 0 Å². The van der Waals surface area contributed by atoms with E-state index in [1.807, 2.05) is 6.92 Å². The van der Waals surface area contributed by atoms with Crippen molar-refractivity contribution in [2.24, 2.45) is 0 Å². The second kappa shape index (κ2) is 3.54. The number of hydrogen-bond donors (Lipinski definition) is 2. The number of aliphatic hydroxyl groups excluding tert-OH is 1. The minimum absolute atomic E-state index is 0.162. The maximum atomic E-state index is 9.05. The second-order valence-electron chi connectivity index (χ2n) is 4.01. The molecule has 0 aromatic carbocycles. The van der Waals surface area contributed by atoms with E-state index in [-0.39, 0.29) is 6.61 Å². The van der Waals surface area contributed by atoms with Crippen LogP contribution in [0.2, 0.25) is 0 Å². The van der Waals surface area contributed by atoms with Crippen LogP contribution in [0.3, 0.4) is 0 Å². The molecule has 1 aliphatic rings. The van der Waals surface area contributed by atoms with Crippen LogP contribution in [0.25, 0.3) is 0 Å². The Balaban J connectivity index is 2.20. The Morgan fingerprint density at radius 3 is 2.69 bits per heavy atom. The minimum atomic E-state index is 0.162.